The largest absolute Gasteiger partial charge is 0.481 e. The second kappa shape index (κ2) is 4.55. The predicted molar refractivity (Wildman–Crippen MR) is 56.9 cm³/mol. The number of carboxylic acids is 1. The van der Waals surface area contributed by atoms with Gasteiger partial charge in [0.15, 0.2) is 0 Å². The first-order valence-corrected chi connectivity index (χ1v) is 5.54. The molecule has 1 heterocycles. The number of nitrogens with zero attached hydrogens (tertiary/aromatic N) is 1. The monoisotopic (exact) mass is 213 g/mol. The number of thiazole rings is 1. The Hall–Kier alpha value is -0.900. The topological polar surface area (TPSA) is 50.2 Å². The van der Waals surface area contributed by atoms with Gasteiger partial charge in [-0.05, 0) is 13.3 Å². The van der Waals surface area contributed by atoms with Gasteiger partial charge in [0.1, 0.15) is 0 Å². The van der Waals surface area contributed by atoms with E-state index < -0.39 is 5.97 Å². The summed E-state index contributed by atoms with van der Waals surface area (Å²) in [5.74, 6) is -0.353. The number of carbonyl (C=O) groups is 1. The van der Waals surface area contributed by atoms with E-state index in [2.05, 4.69) is 18.8 Å². The van der Waals surface area contributed by atoms with Gasteiger partial charge in [0.05, 0.1) is 17.1 Å². The summed E-state index contributed by atoms with van der Waals surface area (Å²) in [4.78, 5) is 15.8. The molecule has 1 atom stereocenters. The van der Waals surface area contributed by atoms with Crippen molar-refractivity contribution in [3.63, 3.8) is 0 Å². The van der Waals surface area contributed by atoms with Crippen LogP contribution in [0.1, 0.15) is 41.8 Å². The van der Waals surface area contributed by atoms with E-state index in [9.17, 15) is 4.79 Å². The predicted octanol–water partition coefficient (Wildman–Crippen LogP) is 2.59. The minimum atomic E-state index is -0.785. The highest BCUT2D eigenvalue weighted by Crippen LogP contribution is 2.26. The lowest BCUT2D eigenvalue weighted by Gasteiger charge is -2.01. The van der Waals surface area contributed by atoms with Crippen molar-refractivity contribution in [2.45, 2.75) is 39.5 Å². The number of hydrogen-bond donors (Lipinski definition) is 1. The zero-order valence-electron chi connectivity index (χ0n) is 8.70. The van der Waals surface area contributed by atoms with E-state index in [1.807, 2.05) is 6.92 Å². The molecular formula is C10H15NO2S. The number of aryl methyl sites for hydroxylation is 1. The molecule has 78 valence electrons. The standard InChI is InChI=1S/C10H15NO2S/c1-4-6(2)10-11-7(3)8(14-10)5-9(12)13/h6H,4-5H2,1-3H3,(H,12,13). The van der Waals surface area contributed by atoms with Crippen LogP contribution in [0.5, 0.6) is 0 Å². The molecule has 0 aromatic carbocycles. The summed E-state index contributed by atoms with van der Waals surface area (Å²) >= 11 is 1.53. The van der Waals surface area contributed by atoms with Crippen molar-refractivity contribution in [1.82, 2.24) is 4.98 Å². The lowest BCUT2D eigenvalue weighted by atomic mass is 10.1. The van der Waals surface area contributed by atoms with Crippen molar-refractivity contribution in [3.05, 3.63) is 15.6 Å². The summed E-state index contributed by atoms with van der Waals surface area (Å²) in [7, 11) is 0. The van der Waals surface area contributed by atoms with Crippen LogP contribution in [-0.4, -0.2) is 16.1 Å². The number of rotatable bonds is 4. The molecule has 1 unspecified atom stereocenters. The van der Waals surface area contributed by atoms with E-state index in [-0.39, 0.29) is 6.42 Å². The van der Waals surface area contributed by atoms with Crippen LogP contribution >= 0.6 is 11.3 Å². The smallest absolute Gasteiger partial charge is 0.308 e. The van der Waals surface area contributed by atoms with Crippen LogP contribution in [0.15, 0.2) is 0 Å². The van der Waals surface area contributed by atoms with Gasteiger partial charge in [-0.25, -0.2) is 4.98 Å². The summed E-state index contributed by atoms with van der Waals surface area (Å²) in [5.41, 5.74) is 0.868. The Balaban J connectivity index is 2.87. The van der Waals surface area contributed by atoms with Crippen LogP contribution in [0.2, 0.25) is 0 Å². The molecule has 0 aliphatic rings. The van der Waals surface area contributed by atoms with Crippen molar-refractivity contribution in [2.75, 3.05) is 0 Å². The van der Waals surface area contributed by atoms with E-state index in [0.29, 0.717) is 5.92 Å². The molecule has 0 aliphatic carbocycles. The first kappa shape index (κ1) is 11.2. The molecule has 0 aliphatic heterocycles. The summed E-state index contributed by atoms with van der Waals surface area (Å²) in [5, 5.41) is 9.73. The second-order valence-corrected chi connectivity index (χ2v) is 4.56. The maximum atomic E-state index is 10.5. The van der Waals surface area contributed by atoms with E-state index in [1.165, 1.54) is 11.3 Å². The Kier molecular flexibility index (Phi) is 3.63. The van der Waals surface area contributed by atoms with Crippen LogP contribution in [0, 0.1) is 6.92 Å². The number of aromatic nitrogens is 1. The summed E-state index contributed by atoms with van der Waals surface area (Å²) < 4.78 is 0. The van der Waals surface area contributed by atoms with Gasteiger partial charge in [-0.3, -0.25) is 4.79 Å². The Morgan fingerprint density at radius 2 is 2.29 bits per heavy atom. The lowest BCUT2D eigenvalue weighted by Crippen LogP contribution is -1.99. The number of aliphatic carboxylic acids is 1. The average Bonchev–Trinajstić information content (AvgIpc) is 2.46. The average molecular weight is 213 g/mol. The molecule has 1 N–H and O–H groups in total. The molecule has 1 aromatic heterocycles. The van der Waals surface area contributed by atoms with Gasteiger partial charge in [-0.15, -0.1) is 11.3 Å². The van der Waals surface area contributed by atoms with Gasteiger partial charge in [0.2, 0.25) is 0 Å². The summed E-state index contributed by atoms with van der Waals surface area (Å²) in [6, 6.07) is 0. The molecule has 14 heavy (non-hydrogen) atoms. The highest BCUT2D eigenvalue weighted by molar-refractivity contribution is 7.11. The van der Waals surface area contributed by atoms with Crippen LogP contribution in [0.25, 0.3) is 0 Å². The third-order valence-corrected chi connectivity index (χ3v) is 3.64. The van der Waals surface area contributed by atoms with E-state index >= 15 is 0 Å². The van der Waals surface area contributed by atoms with Gasteiger partial charge in [0.25, 0.3) is 0 Å². The summed E-state index contributed by atoms with van der Waals surface area (Å²) in [6.45, 7) is 6.10. The molecule has 0 radical (unpaired) electrons. The maximum Gasteiger partial charge on any atom is 0.308 e. The fourth-order valence-electron chi connectivity index (χ4n) is 1.14. The van der Waals surface area contributed by atoms with Crippen molar-refractivity contribution >= 4 is 17.3 Å². The summed E-state index contributed by atoms with van der Waals surface area (Å²) in [6.07, 6.45) is 1.14. The third kappa shape index (κ3) is 2.54. The molecule has 0 spiro atoms. The molecular weight excluding hydrogens is 198 g/mol. The highest BCUT2D eigenvalue weighted by atomic mass is 32.1. The van der Waals surface area contributed by atoms with Crippen molar-refractivity contribution < 1.29 is 9.90 Å². The van der Waals surface area contributed by atoms with Crippen molar-refractivity contribution in [3.8, 4) is 0 Å². The normalized spacial score (nSPS) is 12.8. The van der Waals surface area contributed by atoms with Gasteiger partial charge < -0.3 is 5.11 Å². The first-order valence-electron chi connectivity index (χ1n) is 4.72. The number of carboxylic acid groups (broad SMARTS) is 1. The van der Waals surface area contributed by atoms with E-state index in [4.69, 9.17) is 5.11 Å². The molecule has 0 fully saturated rings. The van der Waals surface area contributed by atoms with Crippen LogP contribution in [0.4, 0.5) is 0 Å². The minimum Gasteiger partial charge on any atom is -0.481 e. The second-order valence-electron chi connectivity index (χ2n) is 3.44. The van der Waals surface area contributed by atoms with Crippen LogP contribution in [0.3, 0.4) is 0 Å². The fraction of sp³-hybridized carbons (Fsp3) is 0.600. The Labute approximate surface area is 87.8 Å². The third-order valence-electron chi connectivity index (χ3n) is 2.25. The molecule has 0 amide bonds. The molecule has 4 heteroatoms. The molecule has 1 rings (SSSR count). The maximum absolute atomic E-state index is 10.5. The Bertz CT molecular complexity index is 333. The van der Waals surface area contributed by atoms with E-state index in [0.717, 1.165) is 22.0 Å². The van der Waals surface area contributed by atoms with Crippen LogP contribution < -0.4 is 0 Å². The zero-order valence-corrected chi connectivity index (χ0v) is 9.52. The van der Waals surface area contributed by atoms with Crippen LogP contribution in [-0.2, 0) is 11.2 Å². The Morgan fingerprint density at radius 3 is 2.79 bits per heavy atom. The lowest BCUT2D eigenvalue weighted by molar-refractivity contribution is -0.136. The molecule has 0 saturated heterocycles. The molecule has 1 aromatic rings. The fourth-order valence-corrected chi connectivity index (χ4v) is 2.33. The van der Waals surface area contributed by atoms with E-state index in [1.54, 1.807) is 0 Å². The number of hydrogen-bond acceptors (Lipinski definition) is 3. The molecule has 0 bridgehead atoms. The quantitative estimate of drug-likeness (QED) is 0.836. The first-order chi connectivity index (χ1) is 6.54. The minimum absolute atomic E-state index is 0.0972. The molecule has 3 nitrogen and oxygen atoms in total. The van der Waals surface area contributed by atoms with Gasteiger partial charge in [-0.1, -0.05) is 13.8 Å². The highest BCUT2D eigenvalue weighted by Gasteiger charge is 2.13. The van der Waals surface area contributed by atoms with Crippen molar-refractivity contribution in [2.24, 2.45) is 0 Å². The zero-order chi connectivity index (χ0) is 10.7. The van der Waals surface area contributed by atoms with Gasteiger partial charge in [-0.2, -0.15) is 0 Å². The SMILES string of the molecule is CCC(C)c1nc(C)c(CC(=O)O)s1. The van der Waals surface area contributed by atoms with Gasteiger partial charge in [0, 0.05) is 10.8 Å². The van der Waals surface area contributed by atoms with Gasteiger partial charge >= 0.3 is 5.97 Å². The Morgan fingerprint density at radius 1 is 1.64 bits per heavy atom. The molecule has 0 saturated carbocycles. The van der Waals surface area contributed by atoms with Crippen molar-refractivity contribution in [1.29, 1.82) is 0 Å².